The van der Waals surface area contributed by atoms with Crippen LogP contribution in [0.3, 0.4) is 0 Å². The maximum absolute atomic E-state index is 12.5. The van der Waals surface area contributed by atoms with Gasteiger partial charge in [-0.1, -0.05) is 13.8 Å². The lowest BCUT2D eigenvalue weighted by atomic mass is 9.78. The van der Waals surface area contributed by atoms with E-state index in [1.165, 1.54) is 38.2 Å². The molecule has 1 aliphatic carbocycles. The normalized spacial score (nSPS) is 24.4. The highest BCUT2D eigenvalue weighted by Crippen LogP contribution is 2.29. The molecule has 25 heavy (non-hydrogen) atoms. The van der Waals surface area contributed by atoms with Gasteiger partial charge in [-0.05, 0) is 38.2 Å². The molecule has 1 fully saturated rings. The smallest absolute Gasteiger partial charge is 0.282 e. The van der Waals surface area contributed by atoms with Crippen LogP contribution in [0.25, 0.3) is 0 Å². The van der Waals surface area contributed by atoms with Crippen LogP contribution in [0, 0.1) is 22.0 Å². The number of methoxy groups -OCH3 is 1. The maximum atomic E-state index is 12.5. The SMILES string of the molecule is COc1cc([N+](=O)[O-])ccc1NC(=O)[C@H](C)[NH2+][C@H]1CCC[C@@H](C)[C@H]1C. The summed E-state index contributed by atoms with van der Waals surface area (Å²) in [5.74, 6) is 1.42. The first kappa shape index (κ1) is 19.2. The zero-order chi connectivity index (χ0) is 18.6. The number of hydrogen-bond acceptors (Lipinski definition) is 4. The molecule has 1 aliphatic rings. The number of non-ortho nitro benzene ring substituents is 1. The summed E-state index contributed by atoms with van der Waals surface area (Å²) in [6.07, 6.45) is 3.59. The highest BCUT2D eigenvalue weighted by molar-refractivity contribution is 5.95. The first-order valence-corrected chi connectivity index (χ1v) is 8.81. The lowest BCUT2D eigenvalue weighted by Crippen LogP contribution is -2.97. The summed E-state index contributed by atoms with van der Waals surface area (Å²) in [4.78, 5) is 22.9. The van der Waals surface area contributed by atoms with Gasteiger partial charge in [0.1, 0.15) is 5.75 Å². The maximum Gasteiger partial charge on any atom is 0.282 e. The predicted octanol–water partition coefficient (Wildman–Crippen LogP) is 2.32. The quantitative estimate of drug-likeness (QED) is 0.607. The van der Waals surface area contributed by atoms with Gasteiger partial charge in [0, 0.05) is 12.0 Å². The number of anilines is 1. The Morgan fingerprint density at radius 1 is 1.40 bits per heavy atom. The number of carbonyl (C=O) groups excluding carboxylic acids is 1. The second kappa shape index (κ2) is 8.29. The molecule has 0 radical (unpaired) electrons. The fourth-order valence-electron chi connectivity index (χ4n) is 3.50. The number of ether oxygens (including phenoxy) is 1. The molecule has 1 saturated carbocycles. The van der Waals surface area contributed by atoms with Crippen molar-refractivity contribution in [3.05, 3.63) is 28.3 Å². The zero-order valence-electron chi connectivity index (χ0n) is 15.3. The number of nitrogens with two attached hydrogens (primary N) is 1. The third-order valence-corrected chi connectivity index (χ3v) is 5.37. The van der Waals surface area contributed by atoms with Crippen LogP contribution in [0.2, 0.25) is 0 Å². The molecule has 0 heterocycles. The molecular formula is C18H28N3O4+. The molecule has 3 N–H and O–H groups in total. The largest absolute Gasteiger partial charge is 0.494 e. The molecule has 7 nitrogen and oxygen atoms in total. The number of nitro groups is 1. The molecule has 0 saturated heterocycles. The van der Waals surface area contributed by atoms with Gasteiger partial charge in [-0.3, -0.25) is 14.9 Å². The Morgan fingerprint density at radius 3 is 2.76 bits per heavy atom. The first-order chi connectivity index (χ1) is 11.8. The summed E-state index contributed by atoms with van der Waals surface area (Å²) in [5.41, 5.74) is 0.378. The van der Waals surface area contributed by atoms with E-state index < -0.39 is 4.92 Å². The van der Waals surface area contributed by atoms with E-state index in [0.717, 1.165) is 6.42 Å². The highest BCUT2D eigenvalue weighted by atomic mass is 16.6. The Balaban J connectivity index is 2.02. The van der Waals surface area contributed by atoms with E-state index in [4.69, 9.17) is 4.74 Å². The van der Waals surface area contributed by atoms with E-state index in [-0.39, 0.29) is 23.4 Å². The van der Waals surface area contributed by atoms with Crippen molar-refractivity contribution in [2.75, 3.05) is 12.4 Å². The molecular weight excluding hydrogens is 322 g/mol. The van der Waals surface area contributed by atoms with E-state index in [1.54, 1.807) is 0 Å². The fourth-order valence-corrected chi connectivity index (χ4v) is 3.50. The summed E-state index contributed by atoms with van der Waals surface area (Å²) in [6, 6.07) is 4.39. The zero-order valence-corrected chi connectivity index (χ0v) is 15.3. The van der Waals surface area contributed by atoms with Gasteiger partial charge in [-0.15, -0.1) is 0 Å². The molecule has 0 aliphatic heterocycles. The minimum Gasteiger partial charge on any atom is -0.494 e. The lowest BCUT2D eigenvalue weighted by Gasteiger charge is -2.33. The molecule has 0 aromatic heterocycles. The molecule has 0 spiro atoms. The topological polar surface area (TPSA) is 98.1 Å². The number of rotatable bonds is 6. The van der Waals surface area contributed by atoms with Crippen molar-refractivity contribution < 1.29 is 19.8 Å². The van der Waals surface area contributed by atoms with E-state index in [2.05, 4.69) is 24.5 Å². The summed E-state index contributed by atoms with van der Waals surface area (Å²) in [5, 5.41) is 15.8. The Hall–Kier alpha value is -2.15. The van der Waals surface area contributed by atoms with E-state index in [9.17, 15) is 14.9 Å². The van der Waals surface area contributed by atoms with E-state index in [1.807, 2.05) is 6.92 Å². The van der Waals surface area contributed by atoms with Crippen LogP contribution in [-0.4, -0.2) is 30.0 Å². The van der Waals surface area contributed by atoms with Crippen molar-refractivity contribution in [3.63, 3.8) is 0 Å². The monoisotopic (exact) mass is 350 g/mol. The number of nitro benzene ring substituents is 1. The van der Waals surface area contributed by atoms with Gasteiger partial charge in [-0.25, -0.2) is 0 Å². The van der Waals surface area contributed by atoms with Gasteiger partial charge in [0.2, 0.25) is 0 Å². The van der Waals surface area contributed by atoms with Crippen molar-refractivity contribution in [3.8, 4) is 5.75 Å². The molecule has 2 rings (SSSR count). The second-order valence-corrected chi connectivity index (χ2v) is 7.04. The summed E-state index contributed by atoms with van der Waals surface area (Å²) >= 11 is 0. The molecule has 1 aromatic rings. The number of carbonyl (C=O) groups is 1. The average Bonchev–Trinajstić information content (AvgIpc) is 2.58. The summed E-state index contributed by atoms with van der Waals surface area (Å²) < 4.78 is 5.17. The van der Waals surface area contributed by atoms with E-state index >= 15 is 0 Å². The van der Waals surface area contributed by atoms with Gasteiger partial charge in [-0.2, -0.15) is 0 Å². The Labute approximate surface area is 148 Å². The molecule has 0 bridgehead atoms. The van der Waals surface area contributed by atoms with Gasteiger partial charge in [0.25, 0.3) is 11.6 Å². The Morgan fingerprint density at radius 2 is 2.12 bits per heavy atom. The minimum atomic E-state index is -0.490. The number of quaternary nitrogens is 1. The van der Waals surface area contributed by atoms with Crippen molar-refractivity contribution in [1.82, 2.24) is 0 Å². The summed E-state index contributed by atoms with van der Waals surface area (Å²) in [7, 11) is 1.43. The van der Waals surface area contributed by atoms with Crippen LogP contribution in [0.4, 0.5) is 11.4 Å². The van der Waals surface area contributed by atoms with Gasteiger partial charge in [0.15, 0.2) is 6.04 Å². The highest BCUT2D eigenvalue weighted by Gasteiger charge is 2.32. The molecule has 7 heteroatoms. The van der Waals surface area contributed by atoms with Crippen molar-refractivity contribution in [2.24, 2.45) is 11.8 Å². The molecule has 0 unspecified atom stereocenters. The fraction of sp³-hybridized carbons (Fsp3) is 0.611. The number of hydrogen-bond donors (Lipinski definition) is 2. The van der Waals surface area contributed by atoms with Crippen LogP contribution in [-0.2, 0) is 4.79 Å². The van der Waals surface area contributed by atoms with Gasteiger partial charge >= 0.3 is 0 Å². The van der Waals surface area contributed by atoms with E-state index in [0.29, 0.717) is 23.6 Å². The van der Waals surface area contributed by atoms with Crippen LogP contribution in [0.5, 0.6) is 5.75 Å². The Bertz CT molecular complexity index is 635. The molecule has 138 valence electrons. The van der Waals surface area contributed by atoms with Crippen LogP contribution >= 0.6 is 0 Å². The average molecular weight is 350 g/mol. The minimum absolute atomic E-state index is 0.0699. The molecule has 1 amide bonds. The van der Waals surface area contributed by atoms with Crippen molar-refractivity contribution in [2.45, 2.75) is 52.1 Å². The number of amides is 1. The molecule has 4 atom stereocenters. The third kappa shape index (κ3) is 4.69. The molecule has 1 aromatic carbocycles. The Kier molecular flexibility index (Phi) is 6.36. The third-order valence-electron chi connectivity index (χ3n) is 5.37. The van der Waals surface area contributed by atoms with Crippen LogP contribution in [0.1, 0.15) is 40.0 Å². The number of nitrogens with zero attached hydrogens (tertiary/aromatic N) is 1. The van der Waals surface area contributed by atoms with Crippen molar-refractivity contribution in [1.29, 1.82) is 0 Å². The number of benzene rings is 1. The van der Waals surface area contributed by atoms with Gasteiger partial charge < -0.3 is 15.4 Å². The van der Waals surface area contributed by atoms with Crippen LogP contribution < -0.4 is 15.4 Å². The summed E-state index contributed by atoms with van der Waals surface area (Å²) in [6.45, 7) is 6.42. The first-order valence-electron chi connectivity index (χ1n) is 8.81. The predicted molar refractivity (Wildman–Crippen MR) is 95.6 cm³/mol. The second-order valence-electron chi connectivity index (χ2n) is 7.04. The lowest BCUT2D eigenvalue weighted by molar-refractivity contribution is -0.715. The van der Waals surface area contributed by atoms with Gasteiger partial charge in [0.05, 0.1) is 29.8 Å². The van der Waals surface area contributed by atoms with Crippen molar-refractivity contribution >= 4 is 17.3 Å². The standard InChI is InChI=1S/C18H27N3O4/c1-11-6-5-7-15(12(11)2)19-13(3)18(22)20-16-9-8-14(21(23)24)10-17(16)25-4/h8-13,15,19H,5-7H2,1-4H3,(H,20,22)/p+1/t11-,12-,13+,15+/m1/s1. The number of nitrogens with one attached hydrogen (secondary N) is 1. The van der Waals surface area contributed by atoms with Crippen LogP contribution in [0.15, 0.2) is 18.2 Å².